The minimum absolute atomic E-state index is 0.176. The lowest BCUT2D eigenvalue weighted by atomic mass is 10.2. The van der Waals surface area contributed by atoms with Gasteiger partial charge in [0.2, 0.25) is 0 Å². The Kier molecular flexibility index (Phi) is 46.7. The molecule has 0 aromatic heterocycles. The fourth-order valence-corrected chi connectivity index (χ4v) is 1.73. The number of aliphatic hydroxyl groups excluding tert-OH is 6. The molecule has 30 heavy (non-hydrogen) atoms. The van der Waals surface area contributed by atoms with Gasteiger partial charge in [-0.05, 0) is 45.4 Å². The number of carbonyl (C=O) groups is 1. The van der Waals surface area contributed by atoms with Crippen molar-refractivity contribution in [1.29, 1.82) is 0 Å². The molecule has 184 valence electrons. The van der Waals surface area contributed by atoms with E-state index >= 15 is 0 Å². The monoisotopic (exact) mass is 440 g/mol. The quantitative estimate of drug-likeness (QED) is 0.142. The van der Waals surface area contributed by atoms with Crippen molar-refractivity contribution in [2.75, 3.05) is 39.6 Å². The predicted molar refractivity (Wildman–Crippen MR) is 120 cm³/mol. The molecule has 0 aromatic carbocycles. The first-order valence-electron chi connectivity index (χ1n) is 10.9. The van der Waals surface area contributed by atoms with Crippen LogP contribution in [0.5, 0.6) is 0 Å². The molecule has 0 amide bonds. The Labute approximate surface area is 182 Å². The number of carboxylic acids is 1. The molecule has 0 aliphatic carbocycles. The van der Waals surface area contributed by atoms with E-state index in [1.54, 1.807) is 0 Å². The van der Waals surface area contributed by atoms with Crippen LogP contribution in [0.3, 0.4) is 0 Å². The highest BCUT2D eigenvalue weighted by molar-refractivity contribution is 5.84. The van der Waals surface area contributed by atoms with Crippen LogP contribution in [-0.4, -0.2) is 81.4 Å². The van der Waals surface area contributed by atoms with Crippen LogP contribution in [0, 0.1) is 0 Å². The number of hydrogen-bond donors (Lipinski definition) is 7. The molecule has 0 saturated heterocycles. The molecule has 0 aliphatic heterocycles. The van der Waals surface area contributed by atoms with Crippen LogP contribution < -0.4 is 0 Å². The van der Waals surface area contributed by atoms with Gasteiger partial charge in [-0.3, -0.25) is 0 Å². The SMILES string of the molecule is C=C(C)C(=O)O.OCCCCCCO.OCCCCCCO.OCCCCCCO. The largest absolute Gasteiger partial charge is 0.478 e. The lowest BCUT2D eigenvalue weighted by molar-refractivity contribution is -0.132. The van der Waals surface area contributed by atoms with E-state index in [-0.39, 0.29) is 45.2 Å². The second-order valence-electron chi connectivity index (χ2n) is 6.67. The third-order valence-electron chi connectivity index (χ3n) is 3.56. The summed E-state index contributed by atoms with van der Waals surface area (Å²) >= 11 is 0. The molecule has 0 spiro atoms. The molecule has 0 radical (unpaired) electrons. The van der Waals surface area contributed by atoms with Crippen molar-refractivity contribution >= 4 is 5.97 Å². The van der Waals surface area contributed by atoms with E-state index in [9.17, 15) is 4.79 Å². The van der Waals surface area contributed by atoms with Crippen molar-refractivity contribution in [2.24, 2.45) is 0 Å². The molecule has 8 heteroatoms. The minimum Gasteiger partial charge on any atom is -0.478 e. The summed E-state index contributed by atoms with van der Waals surface area (Å²) in [5.41, 5.74) is 0.176. The number of hydrogen-bond acceptors (Lipinski definition) is 7. The second kappa shape index (κ2) is 38.6. The van der Waals surface area contributed by atoms with Crippen molar-refractivity contribution in [2.45, 2.75) is 84.0 Å². The van der Waals surface area contributed by atoms with Gasteiger partial charge in [0.15, 0.2) is 0 Å². The standard InChI is InChI=1S/3C6H14O2.C4H6O2/c3*7-5-3-1-2-4-6-8;1-3(2)4(5)6/h3*7-8H,1-6H2;1H2,2H3,(H,5,6). The van der Waals surface area contributed by atoms with Gasteiger partial charge in [0.05, 0.1) is 0 Å². The first-order chi connectivity index (χ1) is 14.4. The van der Waals surface area contributed by atoms with E-state index in [4.69, 9.17) is 35.7 Å². The zero-order chi connectivity index (χ0) is 23.9. The van der Waals surface area contributed by atoms with E-state index in [0.29, 0.717) is 0 Å². The Morgan fingerprint density at radius 2 is 0.633 bits per heavy atom. The van der Waals surface area contributed by atoms with Gasteiger partial charge in [-0.1, -0.05) is 45.1 Å². The molecule has 0 unspecified atom stereocenters. The maximum atomic E-state index is 9.60. The van der Waals surface area contributed by atoms with Gasteiger partial charge in [0.1, 0.15) is 0 Å². The number of unbranched alkanes of at least 4 members (excludes halogenated alkanes) is 9. The van der Waals surface area contributed by atoms with Gasteiger partial charge in [0, 0.05) is 45.2 Å². The third-order valence-corrected chi connectivity index (χ3v) is 3.56. The maximum absolute atomic E-state index is 9.60. The predicted octanol–water partition coefficient (Wildman–Crippen LogP) is 2.24. The van der Waals surface area contributed by atoms with Crippen LogP contribution in [0.15, 0.2) is 12.2 Å². The summed E-state index contributed by atoms with van der Waals surface area (Å²) in [6, 6.07) is 0. The van der Waals surface area contributed by atoms with E-state index in [0.717, 1.165) is 77.0 Å². The van der Waals surface area contributed by atoms with Crippen LogP contribution in [0.25, 0.3) is 0 Å². The first-order valence-corrected chi connectivity index (χ1v) is 10.9. The average molecular weight is 441 g/mol. The Bertz CT molecular complexity index is 253. The van der Waals surface area contributed by atoms with Gasteiger partial charge in [-0.15, -0.1) is 0 Å². The first kappa shape index (κ1) is 36.3. The molecule has 0 aliphatic rings. The van der Waals surface area contributed by atoms with E-state index in [1.165, 1.54) is 6.92 Å². The summed E-state index contributed by atoms with van der Waals surface area (Å²) in [7, 11) is 0. The molecule has 8 nitrogen and oxygen atoms in total. The van der Waals surface area contributed by atoms with Crippen LogP contribution in [0.4, 0.5) is 0 Å². The average Bonchev–Trinajstić information content (AvgIpc) is 2.73. The lowest BCUT2D eigenvalue weighted by Crippen LogP contribution is -1.92. The molecule has 0 fully saturated rings. The van der Waals surface area contributed by atoms with E-state index in [2.05, 4.69) is 6.58 Å². The van der Waals surface area contributed by atoms with Gasteiger partial charge >= 0.3 is 5.97 Å². The zero-order valence-electron chi connectivity index (χ0n) is 19.0. The Morgan fingerprint density at radius 3 is 0.700 bits per heavy atom. The number of carboxylic acid groups (broad SMARTS) is 1. The minimum atomic E-state index is -0.935. The summed E-state index contributed by atoms with van der Waals surface area (Å²) in [6.45, 7) is 6.30. The molecule has 0 rings (SSSR count). The highest BCUT2D eigenvalue weighted by atomic mass is 16.4. The van der Waals surface area contributed by atoms with Crippen molar-refractivity contribution in [3.63, 3.8) is 0 Å². The topological polar surface area (TPSA) is 159 Å². The Hall–Kier alpha value is -1.03. The Balaban J connectivity index is -0.000000151. The van der Waals surface area contributed by atoms with Gasteiger partial charge in [0.25, 0.3) is 0 Å². The van der Waals surface area contributed by atoms with E-state index < -0.39 is 5.97 Å². The summed E-state index contributed by atoms with van der Waals surface area (Å²) in [6.07, 6.45) is 11.5. The molecule has 0 bridgehead atoms. The Morgan fingerprint density at radius 1 is 0.500 bits per heavy atom. The highest BCUT2D eigenvalue weighted by Gasteiger charge is 1.90. The fourth-order valence-electron chi connectivity index (χ4n) is 1.73. The van der Waals surface area contributed by atoms with Crippen molar-refractivity contribution in [3.05, 3.63) is 12.2 Å². The van der Waals surface area contributed by atoms with Crippen LogP contribution in [0.1, 0.15) is 84.0 Å². The summed E-state index contributed by atoms with van der Waals surface area (Å²) < 4.78 is 0. The molecule has 0 heterocycles. The zero-order valence-corrected chi connectivity index (χ0v) is 19.0. The molecule has 0 aromatic rings. The number of rotatable bonds is 16. The normalized spacial score (nSPS) is 9.30. The van der Waals surface area contributed by atoms with Gasteiger partial charge in [-0.25, -0.2) is 4.79 Å². The van der Waals surface area contributed by atoms with Gasteiger partial charge in [-0.2, -0.15) is 0 Å². The van der Waals surface area contributed by atoms with Crippen molar-refractivity contribution in [1.82, 2.24) is 0 Å². The summed E-state index contributed by atoms with van der Waals surface area (Å²) in [4.78, 5) is 9.60. The molecular weight excluding hydrogens is 392 g/mol. The molecular formula is C22H48O8. The van der Waals surface area contributed by atoms with Crippen LogP contribution in [0.2, 0.25) is 0 Å². The van der Waals surface area contributed by atoms with Gasteiger partial charge < -0.3 is 35.7 Å². The lowest BCUT2D eigenvalue weighted by Gasteiger charge is -1.93. The van der Waals surface area contributed by atoms with E-state index in [1.807, 2.05) is 0 Å². The maximum Gasteiger partial charge on any atom is 0.330 e. The summed E-state index contributed by atoms with van der Waals surface area (Å²) in [5, 5.41) is 57.7. The number of aliphatic carboxylic acids is 1. The van der Waals surface area contributed by atoms with Crippen LogP contribution in [-0.2, 0) is 4.79 Å². The molecule has 0 atom stereocenters. The highest BCUT2D eigenvalue weighted by Crippen LogP contribution is 1.97. The van der Waals surface area contributed by atoms with Crippen LogP contribution >= 0.6 is 0 Å². The van der Waals surface area contributed by atoms with Crippen molar-refractivity contribution in [3.8, 4) is 0 Å². The fraction of sp³-hybridized carbons (Fsp3) is 0.864. The van der Waals surface area contributed by atoms with Crippen molar-refractivity contribution < 1.29 is 40.5 Å². The molecule has 0 saturated carbocycles. The smallest absolute Gasteiger partial charge is 0.330 e. The second-order valence-corrected chi connectivity index (χ2v) is 6.67. The summed E-state index contributed by atoms with van der Waals surface area (Å²) in [5.74, 6) is -0.935. The molecule has 7 N–H and O–H groups in total. The number of aliphatic hydroxyl groups is 6. The third kappa shape index (κ3) is 56.3.